The first-order valence-corrected chi connectivity index (χ1v) is 6.69. The Kier molecular flexibility index (Phi) is 3.71. The Bertz CT molecular complexity index is 607. The van der Waals surface area contributed by atoms with Gasteiger partial charge in [-0.05, 0) is 31.0 Å². The van der Waals surface area contributed by atoms with Crippen molar-refractivity contribution in [1.82, 2.24) is 0 Å². The lowest BCUT2D eigenvalue weighted by Crippen LogP contribution is -1.95. The number of halogens is 1. The fraction of sp³-hybridized carbons (Fsp3) is 0.200. The topological polar surface area (TPSA) is 60.7 Å². The fourth-order valence-electron chi connectivity index (χ4n) is 2.01. The van der Waals surface area contributed by atoms with E-state index >= 15 is 0 Å². The number of rotatable bonds is 2. The molecule has 0 spiro atoms. The van der Waals surface area contributed by atoms with E-state index in [2.05, 4.69) is 15.9 Å². The van der Waals surface area contributed by atoms with Crippen LogP contribution in [0.25, 0.3) is 0 Å². The molecule has 0 radical (unpaired) electrons. The van der Waals surface area contributed by atoms with Crippen LogP contribution in [0.2, 0.25) is 0 Å². The molecule has 0 aromatic heterocycles. The largest absolute Gasteiger partial charge is 0.507 e. The van der Waals surface area contributed by atoms with Crippen LogP contribution in [0.1, 0.15) is 22.3 Å². The Balaban J connectivity index is 2.56. The van der Waals surface area contributed by atoms with E-state index in [0.29, 0.717) is 23.1 Å². The van der Waals surface area contributed by atoms with Gasteiger partial charge in [-0.1, -0.05) is 34.1 Å². The van der Waals surface area contributed by atoms with Crippen molar-refractivity contribution in [2.24, 2.45) is 0 Å². The molecule has 0 saturated heterocycles. The highest BCUT2D eigenvalue weighted by Gasteiger charge is 2.19. The molecule has 0 atom stereocenters. The lowest BCUT2D eigenvalue weighted by molar-refractivity contribution is 0.386. The molecular formula is C15H15BrO3. The van der Waals surface area contributed by atoms with E-state index in [-0.39, 0.29) is 17.2 Å². The summed E-state index contributed by atoms with van der Waals surface area (Å²) in [5, 5.41) is 30.0. The summed E-state index contributed by atoms with van der Waals surface area (Å²) in [4.78, 5) is 0. The lowest BCUT2D eigenvalue weighted by Gasteiger charge is -2.15. The van der Waals surface area contributed by atoms with Crippen LogP contribution in [-0.4, -0.2) is 15.3 Å². The Morgan fingerprint density at radius 3 is 2.11 bits per heavy atom. The van der Waals surface area contributed by atoms with Crippen molar-refractivity contribution in [2.75, 3.05) is 0 Å². The summed E-state index contributed by atoms with van der Waals surface area (Å²) in [5.41, 5.74) is 2.34. The summed E-state index contributed by atoms with van der Waals surface area (Å²) in [7, 11) is 0. The van der Waals surface area contributed by atoms with Crippen LogP contribution in [0.4, 0.5) is 0 Å². The van der Waals surface area contributed by atoms with Crippen molar-refractivity contribution < 1.29 is 15.3 Å². The highest BCUT2D eigenvalue weighted by atomic mass is 79.9. The molecule has 100 valence electrons. The lowest BCUT2D eigenvalue weighted by atomic mass is 9.97. The summed E-state index contributed by atoms with van der Waals surface area (Å²) < 4.78 is 0.895. The predicted molar refractivity (Wildman–Crippen MR) is 77.9 cm³/mol. The minimum absolute atomic E-state index is 0.0311. The van der Waals surface area contributed by atoms with Gasteiger partial charge in [0, 0.05) is 22.0 Å². The molecule has 2 aromatic carbocycles. The second-order valence-electron chi connectivity index (χ2n) is 4.54. The van der Waals surface area contributed by atoms with Crippen LogP contribution < -0.4 is 0 Å². The second-order valence-corrected chi connectivity index (χ2v) is 5.40. The normalized spacial score (nSPS) is 10.7. The van der Waals surface area contributed by atoms with Gasteiger partial charge in [-0.2, -0.15) is 0 Å². The molecule has 19 heavy (non-hydrogen) atoms. The van der Waals surface area contributed by atoms with Crippen molar-refractivity contribution in [3.63, 3.8) is 0 Å². The van der Waals surface area contributed by atoms with Crippen LogP contribution in [0.3, 0.4) is 0 Å². The Labute approximate surface area is 120 Å². The molecular weight excluding hydrogens is 308 g/mol. The molecule has 0 saturated carbocycles. The zero-order valence-electron chi connectivity index (χ0n) is 10.7. The molecule has 2 rings (SSSR count). The van der Waals surface area contributed by atoms with Gasteiger partial charge in [0.05, 0.1) is 0 Å². The number of phenols is 3. The first kappa shape index (κ1) is 13.7. The first-order chi connectivity index (χ1) is 8.93. The Morgan fingerprint density at radius 1 is 0.895 bits per heavy atom. The van der Waals surface area contributed by atoms with Gasteiger partial charge in [0.25, 0.3) is 0 Å². The Morgan fingerprint density at radius 2 is 1.47 bits per heavy atom. The molecule has 0 unspecified atom stereocenters. The summed E-state index contributed by atoms with van der Waals surface area (Å²) in [6, 6.07) is 7.57. The zero-order chi connectivity index (χ0) is 14.2. The molecule has 0 fully saturated rings. The minimum atomic E-state index is -0.253. The van der Waals surface area contributed by atoms with Crippen LogP contribution in [0, 0.1) is 13.8 Å². The summed E-state index contributed by atoms with van der Waals surface area (Å²) in [6.07, 6.45) is 0.341. The molecule has 3 N–H and O–H groups in total. The van der Waals surface area contributed by atoms with E-state index in [9.17, 15) is 15.3 Å². The third-order valence-corrected chi connectivity index (χ3v) is 4.17. The van der Waals surface area contributed by atoms with Crippen molar-refractivity contribution in [2.45, 2.75) is 20.3 Å². The van der Waals surface area contributed by atoms with E-state index in [1.807, 2.05) is 24.3 Å². The maximum Gasteiger partial charge on any atom is 0.165 e. The van der Waals surface area contributed by atoms with Gasteiger partial charge in [0.15, 0.2) is 11.5 Å². The summed E-state index contributed by atoms with van der Waals surface area (Å²) in [5.74, 6) is -0.391. The van der Waals surface area contributed by atoms with Crippen LogP contribution in [0.15, 0.2) is 28.7 Å². The van der Waals surface area contributed by atoms with E-state index in [0.717, 1.165) is 10.0 Å². The molecule has 0 bridgehead atoms. The number of benzene rings is 2. The molecule has 0 aliphatic carbocycles. The van der Waals surface area contributed by atoms with Gasteiger partial charge in [0.1, 0.15) is 5.75 Å². The van der Waals surface area contributed by atoms with Gasteiger partial charge in [-0.25, -0.2) is 0 Å². The quantitative estimate of drug-likeness (QED) is 0.582. The molecule has 0 heterocycles. The van der Waals surface area contributed by atoms with Gasteiger partial charge in [-0.15, -0.1) is 0 Å². The highest BCUT2D eigenvalue weighted by Crippen LogP contribution is 2.42. The van der Waals surface area contributed by atoms with Crippen molar-refractivity contribution in [3.8, 4) is 17.2 Å². The maximum atomic E-state index is 10.1. The van der Waals surface area contributed by atoms with E-state index in [1.54, 1.807) is 13.8 Å². The Hall–Kier alpha value is -1.68. The predicted octanol–water partition coefficient (Wildman–Crippen LogP) is 3.77. The monoisotopic (exact) mass is 322 g/mol. The number of hydrogen-bond donors (Lipinski definition) is 3. The third-order valence-electron chi connectivity index (χ3n) is 3.39. The molecule has 0 aliphatic heterocycles. The van der Waals surface area contributed by atoms with E-state index < -0.39 is 0 Å². The van der Waals surface area contributed by atoms with Gasteiger partial charge in [0.2, 0.25) is 0 Å². The maximum absolute atomic E-state index is 10.1. The highest BCUT2D eigenvalue weighted by molar-refractivity contribution is 9.10. The van der Waals surface area contributed by atoms with Crippen LogP contribution >= 0.6 is 15.9 Å². The molecule has 0 aliphatic rings. The number of phenolic OH excluding ortho intramolecular Hbond substituents is 3. The van der Waals surface area contributed by atoms with Gasteiger partial charge in [-0.3, -0.25) is 0 Å². The van der Waals surface area contributed by atoms with E-state index in [1.165, 1.54) is 0 Å². The van der Waals surface area contributed by atoms with Crippen molar-refractivity contribution in [1.29, 1.82) is 0 Å². The first-order valence-electron chi connectivity index (χ1n) is 5.89. The second kappa shape index (κ2) is 5.13. The number of aromatic hydroxyl groups is 3. The van der Waals surface area contributed by atoms with Gasteiger partial charge < -0.3 is 15.3 Å². The molecule has 0 amide bonds. The van der Waals surface area contributed by atoms with Crippen molar-refractivity contribution >= 4 is 15.9 Å². The molecule has 2 aromatic rings. The molecule has 4 heteroatoms. The standard InChI is InChI=1S/C15H15BrO3/c1-8-9(2)14(18)15(19)11(13(8)17)7-10-5-3-4-6-12(10)16/h3-6,17-19H,7H2,1-2H3. The van der Waals surface area contributed by atoms with Gasteiger partial charge >= 0.3 is 0 Å². The zero-order valence-corrected chi connectivity index (χ0v) is 12.3. The third kappa shape index (κ3) is 2.40. The smallest absolute Gasteiger partial charge is 0.165 e. The average molecular weight is 323 g/mol. The van der Waals surface area contributed by atoms with Crippen molar-refractivity contribution in [3.05, 3.63) is 51.0 Å². The van der Waals surface area contributed by atoms with E-state index in [4.69, 9.17) is 0 Å². The fourth-order valence-corrected chi connectivity index (χ4v) is 2.44. The SMILES string of the molecule is Cc1c(C)c(O)c(Cc2ccccc2Br)c(O)c1O. The van der Waals surface area contributed by atoms with Crippen LogP contribution in [0.5, 0.6) is 17.2 Å². The summed E-state index contributed by atoms with van der Waals surface area (Å²) >= 11 is 3.43. The minimum Gasteiger partial charge on any atom is -0.507 e. The number of hydrogen-bond acceptors (Lipinski definition) is 3. The van der Waals surface area contributed by atoms with Crippen LogP contribution in [-0.2, 0) is 6.42 Å². The summed E-state index contributed by atoms with van der Waals surface area (Å²) in [6.45, 7) is 3.37. The molecule has 3 nitrogen and oxygen atoms in total. The average Bonchev–Trinajstić information content (AvgIpc) is 2.41.